The van der Waals surface area contributed by atoms with Crippen LogP contribution in [0.1, 0.15) is 10.7 Å². The summed E-state index contributed by atoms with van der Waals surface area (Å²) in [6.07, 6.45) is 0.844. The topological polar surface area (TPSA) is 56.8 Å². The number of nitrogens with zero attached hydrogens (tertiary/aromatic N) is 3. The van der Waals surface area contributed by atoms with Crippen molar-refractivity contribution in [3.05, 3.63) is 28.2 Å². The molecule has 1 fully saturated rings. The smallest absolute Gasteiger partial charge is 0.244 e. The van der Waals surface area contributed by atoms with E-state index in [1.165, 1.54) is 4.88 Å². The van der Waals surface area contributed by atoms with Gasteiger partial charge in [-0.2, -0.15) is 4.98 Å². The highest BCUT2D eigenvalue weighted by atomic mass is 32.1. The van der Waals surface area contributed by atoms with E-state index in [9.17, 15) is 0 Å². The Kier molecular flexibility index (Phi) is 3.06. The van der Waals surface area contributed by atoms with E-state index in [1.54, 1.807) is 11.3 Å². The maximum atomic E-state index is 4.55. The molecule has 1 aliphatic rings. The predicted octanol–water partition coefficient (Wildman–Crippen LogP) is 0.867. The first kappa shape index (κ1) is 10.7. The van der Waals surface area contributed by atoms with Crippen LogP contribution >= 0.6 is 11.3 Å². The number of hydrogen-bond acceptors (Lipinski definition) is 5. The molecule has 3 rings (SSSR count). The molecule has 6 heteroatoms. The minimum absolute atomic E-state index is 0.832. The summed E-state index contributed by atoms with van der Waals surface area (Å²) in [4.78, 5) is 8.07. The van der Waals surface area contributed by atoms with Crippen LogP contribution in [0.5, 0.6) is 0 Å². The van der Waals surface area contributed by atoms with Crippen molar-refractivity contribution >= 4 is 17.3 Å². The highest BCUT2D eigenvalue weighted by Gasteiger charge is 2.14. The van der Waals surface area contributed by atoms with Crippen molar-refractivity contribution in [2.75, 3.05) is 31.1 Å². The summed E-state index contributed by atoms with van der Waals surface area (Å²) >= 11 is 1.75. The third kappa shape index (κ3) is 2.48. The lowest BCUT2D eigenvalue weighted by atomic mass is 10.3. The van der Waals surface area contributed by atoms with Crippen molar-refractivity contribution in [2.45, 2.75) is 6.42 Å². The normalized spacial score (nSPS) is 16.4. The summed E-state index contributed by atoms with van der Waals surface area (Å²) in [5, 5.41) is 12.7. The lowest BCUT2D eigenvalue weighted by Gasteiger charge is -2.25. The second kappa shape index (κ2) is 4.85. The van der Waals surface area contributed by atoms with Crippen LogP contribution in [0.15, 0.2) is 17.5 Å². The lowest BCUT2D eigenvalue weighted by molar-refractivity contribution is 0.580. The number of hydrogen-bond donors (Lipinski definition) is 2. The van der Waals surface area contributed by atoms with Gasteiger partial charge in [-0.3, -0.25) is 5.10 Å². The molecule has 2 N–H and O–H groups in total. The molecule has 0 radical (unpaired) electrons. The van der Waals surface area contributed by atoms with Crippen molar-refractivity contribution in [2.24, 2.45) is 0 Å². The Morgan fingerprint density at radius 1 is 1.35 bits per heavy atom. The highest BCUT2D eigenvalue weighted by Crippen LogP contribution is 2.14. The molecule has 90 valence electrons. The largest absolute Gasteiger partial charge is 0.337 e. The van der Waals surface area contributed by atoms with Crippen LogP contribution in [0.3, 0.4) is 0 Å². The molecule has 3 heterocycles. The molecule has 0 aromatic carbocycles. The second-order valence-corrected chi connectivity index (χ2v) is 5.11. The van der Waals surface area contributed by atoms with Gasteiger partial charge in [-0.25, -0.2) is 0 Å². The molecule has 0 amide bonds. The van der Waals surface area contributed by atoms with Crippen molar-refractivity contribution in [3.8, 4) is 0 Å². The number of anilines is 1. The molecule has 0 saturated carbocycles. The van der Waals surface area contributed by atoms with E-state index < -0.39 is 0 Å². The summed E-state index contributed by atoms with van der Waals surface area (Å²) in [6.45, 7) is 3.98. The first-order valence-electron chi connectivity index (χ1n) is 5.81. The van der Waals surface area contributed by atoms with Crippen molar-refractivity contribution in [1.82, 2.24) is 20.5 Å². The highest BCUT2D eigenvalue weighted by molar-refractivity contribution is 7.09. The van der Waals surface area contributed by atoms with Gasteiger partial charge in [-0.15, -0.1) is 16.4 Å². The van der Waals surface area contributed by atoms with E-state index in [-0.39, 0.29) is 0 Å². The summed E-state index contributed by atoms with van der Waals surface area (Å²) in [5.41, 5.74) is 0. The monoisotopic (exact) mass is 249 g/mol. The van der Waals surface area contributed by atoms with E-state index in [4.69, 9.17) is 0 Å². The summed E-state index contributed by atoms with van der Waals surface area (Å²) in [5.74, 6) is 1.78. The van der Waals surface area contributed by atoms with Gasteiger partial charge in [0.25, 0.3) is 0 Å². The molecular weight excluding hydrogens is 234 g/mol. The standard InChI is InChI=1S/C11H15N5S/c1-2-9(17-7-1)8-10-13-11(15-14-10)16-5-3-12-4-6-16/h1-2,7,12H,3-6,8H2,(H,13,14,15). The summed E-state index contributed by atoms with van der Waals surface area (Å²) < 4.78 is 0. The van der Waals surface area contributed by atoms with E-state index in [1.807, 2.05) is 0 Å². The minimum atomic E-state index is 0.832. The van der Waals surface area contributed by atoms with Gasteiger partial charge in [-0.05, 0) is 11.4 Å². The van der Waals surface area contributed by atoms with Gasteiger partial charge in [0.1, 0.15) is 5.82 Å². The van der Waals surface area contributed by atoms with Gasteiger partial charge in [0.2, 0.25) is 5.95 Å². The van der Waals surface area contributed by atoms with Gasteiger partial charge in [0.15, 0.2) is 0 Å². The summed E-state index contributed by atoms with van der Waals surface area (Å²) in [7, 11) is 0. The Labute approximate surface area is 104 Å². The van der Waals surface area contributed by atoms with Gasteiger partial charge in [0, 0.05) is 37.5 Å². The Morgan fingerprint density at radius 2 is 2.24 bits per heavy atom. The Morgan fingerprint density at radius 3 is 3.00 bits per heavy atom. The number of aromatic nitrogens is 3. The van der Waals surface area contributed by atoms with Crippen LogP contribution in [0.2, 0.25) is 0 Å². The van der Waals surface area contributed by atoms with Crippen LogP contribution in [0.25, 0.3) is 0 Å². The average molecular weight is 249 g/mol. The van der Waals surface area contributed by atoms with Crippen molar-refractivity contribution in [1.29, 1.82) is 0 Å². The van der Waals surface area contributed by atoms with Gasteiger partial charge >= 0.3 is 0 Å². The Hall–Kier alpha value is -1.40. The molecule has 2 aromatic heterocycles. The predicted molar refractivity (Wildman–Crippen MR) is 68.6 cm³/mol. The first-order chi connectivity index (χ1) is 8.42. The quantitative estimate of drug-likeness (QED) is 0.847. The molecule has 17 heavy (non-hydrogen) atoms. The molecule has 0 unspecified atom stereocenters. The number of H-pyrrole nitrogens is 1. The average Bonchev–Trinajstić information content (AvgIpc) is 3.02. The Bertz CT molecular complexity index is 458. The Balaban J connectivity index is 1.69. The molecular formula is C11H15N5S. The fourth-order valence-corrected chi connectivity index (χ4v) is 2.66. The van der Waals surface area contributed by atoms with E-state index in [2.05, 4.69) is 42.9 Å². The molecule has 5 nitrogen and oxygen atoms in total. The number of piperazine rings is 1. The van der Waals surface area contributed by atoms with Crippen LogP contribution in [0.4, 0.5) is 5.95 Å². The van der Waals surface area contributed by atoms with Crippen molar-refractivity contribution in [3.63, 3.8) is 0 Å². The van der Waals surface area contributed by atoms with Crippen LogP contribution in [-0.4, -0.2) is 41.4 Å². The maximum absolute atomic E-state index is 4.55. The third-order valence-electron chi connectivity index (χ3n) is 2.84. The molecule has 2 aromatic rings. The molecule has 0 atom stereocenters. The first-order valence-corrected chi connectivity index (χ1v) is 6.69. The van der Waals surface area contributed by atoms with Crippen molar-refractivity contribution < 1.29 is 0 Å². The van der Waals surface area contributed by atoms with Gasteiger partial charge in [0.05, 0.1) is 0 Å². The number of nitrogens with one attached hydrogen (secondary N) is 2. The molecule has 0 aliphatic carbocycles. The zero-order valence-corrected chi connectivity index (χ0v) is 10.3. The molecule has 0 spiro atoms. The van der Waals surface area contributed by atoms with Crippen LogP contribution in [-0.2, 0) is 6.42 Å². The fraction of sp³-hybridized carbons (Fsp3) is 0.455. The maximum Gasteiger partial charge on any atom is 0.244 e. The third-order valence-corrected chi connectivity index (χ3v) is 3.72. The molecule has 1 saturated heterocycles. The summed E-state index contributed by atoms with van der Waals surface area (Å²) in [6, 6.07) is 4.19. The number of rotatable bonds is 3. The van der Waals surface area contributed by atoms with E-state index in [0.717, 1.165) is 44.4 Å². The SMILES string of the molecule is c1csc(Cc2nc(N3CCNCC3)n[nH]2)c1. The zero-order valence-electron chi connectivity index (χ0n) is 9.52. The second-order valence-electron chi connectivity index (χ2n) is 4.08. The van der Waals surface area contributed by atoms with E-state index in [0.29, 0.717) is 0 Å². The molecule has 0 bridgehead atoms. The lowest BCUT2D eigenvalue weighted by Crippen LogP contribution is -2.44. The van der Waals surface area contributed by atoms with Crippen LogP contribution < -0.4 is 10.2 Å². The van der Waals surface area contributed by atoms with Gasteiger partial charge < -0.3 is 10.2 Å². The minimum Gasteiger partial charge on any atom is -0.337 e. The number of aromatic amines is 1. The number of thiophene rings is 1. The zero-order chi connectivity index (χ0) is 11.5. The fourth-order valence-electron chi connectivity index (χ4n) is 1.95. The van der Waals surface area contributed by atoms with Gasteiger partial charge in [-0.1, -0.05) is 6.07 Å². The van der Waals surface area contributed by atoms with Crippen LogP contribution in [0, 0.1) is 0 Å². The molecule has 1 aliphatic heterocycles. The van der Waals surface area contributed by atoms with E-state index >= 15 is 0 Å².